The minimum Gasteiger partial charge on any atom is -0.309 e. The maximum atomic E-state index is 5.03. The first kappa shape index (κ1) is 23.7. The average molecular weight is 525 g/mol. The standard InChI is InChI=1S/C39H28N2/c1-2-10-30(11-3-1)37-26-35(32-12-4-7-15-36(32)40-37)29-20-18-27(19-21-29)28-22-24-31(25-23-28)41-38-16-8-5-13-33(38)34-14-6-9-17-39(34)41/h1-10,12-26,30H,11H2. The van der Waals surface area contributed by atoms with E-state index in [1.807, 2.05) is 0 Å². The van der Waals surface area contributed by atoms with E-state index < -0.39 is 0 Å². The molecule has 0 N–H and O–H groups in total. The highest BCUT2D eigenvalue weighted by molar-refractivity contribution is 6.09. The number of pyridine rings is 1. The Morgan fingerprint density at radius 1 is 0.561 bits per heavy atom. The van der Waals surface area contributed by atoms with Gasteiger partial charge in [-0.05, 0) is 65.1 Å². The molecule has 0 amide bonds. The Bertz CT molecular complexity index is 2060. The fourth-order valence-electron chi connectivity index (χ4n) is 6.27. The molecule has 0 saturated heterocycles. The second-order valence-electron chi connectivity index (χ2n) is 10.8. The van der Waals surface area contributed by atoms with E-state index in [0.717, 1.165) is 17.6 Å². The van der Waals surface area contributed by atoms with Gasteiger partial charge in [-0.3, -0.25) is 4.98 Å². The smallest absolute Gasteiger partial charge is 0.0711 e. The zero-order chi connectivity index (χ0) is 27.2. The van der Waals surface area contributed by atoms with Crippen LogP contribution in [0.25, 0.3) is 60.6 Å². The van der Waals surface area contributed by atoms with Gasteiger partial charge in [0.25, 0.3) is 0 Å². The van der Waals surface area contributed by atoms with E-state index >= 15 is 0 Å². The lowest BCUT2D eigenvalue weighted by Gasteiger charge is -2.16. The first-order chi connectivity index (χ1) is 20.3. The maximum Gasteiger partial charge on any atom is 0.0711 e. The van der Waals surface area contributed by atoms with E-state index in [9.17, 15) is 0 Å². The largest absolute Gasteiger partial charge is 0.309 e. The molecular weight excluding hydrogens is 496 g/mol. The third-order valence-electron chi connectivity index (χ3n) is 8.33. The van der Waals surface area contributed by atoms with Crippen LogP contribution in [-0.2, 0) is 0 Å². The van der Waals surface area contributed by atoms with Crippen molar-refractivity contribution < 1.29 is 0 Å². The van der Waals surface area contributed by atoms with Gasteiger partial charge in [0.15, 0.2) is 0 Å². The lowest BCUT2D eigenvalue weighted by Crippen LogP contribution is -2.01. The molecule has 0 spiro atoms. The molecule has 0 fully saturated rings. The molecule has 7 aromatic rings. The summed E-state index contributed by atoms with van der Waals surface area (Å²) in [5, 5.41) is 3.76. The van der Waals surface area contributed by atoms with E-state index in [4.69, 9.17) is 4.98 Å². The molecular formula is C39H28N2. The third kappa shape index (κ3) is 4.08. The molecule has 1 unspecified atom stereocenters. The second kappa shape index (κ2) is 9.76. The van der Waals surface area contributed by atoms with Crippen LogP contribution in [-0.4, -0.2) is 9.55 Å². The van der Waals surface area contributed by atoms with Crippen molar-refractivity contribution in [2.45, 2.75) is 12.3 Å². The number of hydrogen-bond acceptors (Lipinski definition) is 1. The first-order valence-corrected chi connectivity index (χ1v) is 14.3. The molecule has 194 valence electrons. The number of rotatable bonds is 4. The Balaban J connectivity index is 1.15. The van der Waals surface area contributed by atoms with Crippen molar-refractivity contribution in [2.75, 3.05) is 0 Å². The normalized spacial score (nSPS) is 14.8. The molecule has 0 aliphatic heterocycles. The van der Waals surface area contributed by atoms with E-state index in [0.29, 0.717) is 5.92 Å². The van der Waals surface area contributed by atoms with E-state index in [1.165, 1.54) is 55.1 Å². The summed E-state index contributed by atoms with van der Waals surface area (Å²) in [5.74, 6) is 0.315. The third-order valence-corrected chi connectivity index (χ3v) is 8.33. The number of aromatic nitrogens is 2. The van der Waals surface area contributed by atoms with Gasteiger partial charge in [-0.2, -0.15) is 0 Å². The summed E-state index contributed by atoms with van der Waals surface area (Å²) in [7, 11) is 0. The van der Waals surface area contributed by atoms with Crippen molar-refractivity contribution in [1.29, 1.82) is 0 Å². The van der Waals surface area contributed by atoms with Crippen LogP contribution in [0.2, 0.25) is 0 Å². The number of fused-ring (bicyclic) bond motifs is 4. The Morgan fingerprint density at radius 2 is 1.15 bits per heavy atom. The Morgan fingerprint density at radius 3 is 1.80 bits per heavy atom. The van der Waals surface area contributed by atoms with Gasteiger partial charge in [0.2, 0.25) is 0 Å². The predicted molar refractivity (Wildman–Crippen MR) is 173 cm³/mol. The summed E-state index contributed by atoms with van der Waals surface area (Å²) in [5.41, 5.74) is 10.7. The van der Waals surface area contributed by atoms with Gasteiger partial charge in [0.1, 0.15) is 0 Å². The van der Waals surface area contributed by atoms with Gasteiger partial charge < -0.3 is 4.57 Å². The molecule has 1 aliphatic carbocycles. The number of allylic oxidation sites excluding steroid dienone is 4. The van der Waals surface area contributed by atoms with Crippen LogP contribution in [0.15, 0.2) is 152 Å². The van der Waals surface area contributed by atoms with Crippen molar-refractivity contribution in [3.05, 3.63) is 157 Å². The SMILES string of the molecule is C1=CCC(c2cc(-c3ccc(-c4ccc(-n5c6ccccc6c6ccccc65)cc4)cc3)c3ccccc3n2)C=C1. The van der Waals surface area contributed by atoms with Gasteiger partial charge in [0, 0.05) is 33.5 Å². The van der Waals surface area contributed by atoms with E-state index in [-0.39, 0.29) is 0 Å². The summed E-state index contributed by atoms with van der Waals surface area (Å²) >= 11 is 0. The summed E-state index contributed by atoms with van der Waals surface area (Å²) in [4.78, 5) is 5.03. The summed E-state index contributed by atoms with van der Waals surface area (Å²) < 4.78 is 2.36. The Kier molecular flexibility index (Phi) is 5.63. The van der Waals surface area contributed by atoms with Crippen LogP contribution in [0.4, 0.5) is 0 Å². The molecule has 0 saturated carbocycles. The van der Waals surface area contributed by atoms with Crippen LogP contribution in [0.5, 0.6) is 0 Å². The molecule has 5 aromatic carbocycles. The van der Waals surface area contributed by atoms with E-state index in [1.54, 1.807) is 0 Å². The van der Waals surface area contributed by atoms with Crippen LogP contribution < -0.4 is 0 Å². The van der Waals surface area contributed by atoms with Crippen LogP contribution >= 0.6 is 0 Å². The fourth-order valence-corrected chi connectivity index (χ4v) is 6.27. The molecule has 0 bridgehead atoms. The van der Waals surface area contributed by atoms with Gasteiger partial charge in [-0.1, -0.05) is 115 Å². The predicted octanol–water partition coefficient (Wildman–Crippen LogP) is 10.3. The molecule has 2 aromatic heterocycles. The summed E-state index contributed by atoms with van der Waals surface area (Å²) in [6, 6.07) is 46.0. The van der Waals surface area contributed by atoms with Crippen LogP contribution in [0.1, 0.15) is 18.0 Å². The zero-order valence-corrected chi connectivity index (χ0v) is 22.6. The molecule has 41 heavy (non-hydrogen) atoms. The zero-order valence-electron chi connectivity index (χ0n) is 22.6. The van der Waals surface area contributed by atoms with Gasteiger partial charge in [-0.25, -0.2) is 0 Å². The number of para-hydroxylation sites is 3. The maximum absolute atomic E-state index is 5.03. The molecule has 2 nitrogen and oxygen atoms in total. The Hall–Kier alpha value is -5.21. The minimum absolute atomic E-state index is 0.315. The fraction of sp³-hybridized carbons (Fsp3) is 0.0513. The highest BCUT2D eigenvalue weighted by atomic mass is 15.0. The summed E-state index contributed by atoms with van der Waals surface area (Å²) in [6.07, 6.45) is 9.72. The topological polar surface area (TPSA) is 17.8 Å². The van der Waals surface area contributed by atoms with Crippen molar-refractivity contribution in [3.63, 3.8) is 0 Å². The lowest BCUT2D eigenvalue weighted by molar-refractivity contribution is 0.822. The van der Waals surface area contributed by atoms with Crippen molar-refractivity contribution >= 4 is 32.7 Å². The van der Waals surface area contributed by atoms with Crippen molar-refractivity contribution in [3.8, 4) is 27.9 Å². The Labute approximate surface area is 239 Å². The number of hydrogen-bond donors (Lipinski definition) is 0. The van der Waals surface area contributed by atoms with Crippen LogP contribution in [0, 0.1) is 0 Å². The molecule has 2 heteroatoms. The van der Waals surface area contributed by atoms with Crippen molar-refractivity contribution in [2.24, 2.45) is 0 Å². The monoisotopic (exact) mass is 524 g/mol. The molecule has 8 rings (SSSR count). The molecule has 2 heterocycles. The van der Waals surface area contributed by atoms with Gasteiger partial charge in [-0.15, -0.1) is 0 Å². The molecule has 0 radical (unpaired) electrons. The van der Waals surface area contributed by atoms with E-state index in [2.05, 4.69) is 156 Å². The van der Waals surface area contributed by atoms with Gasteiger partial charge in [0.05, 0.1) is 16.6 Å². The van der Waals surface area contributed by atoms with Crippen molar-refractivity contribution in [1.82, 2.24) is 9.55 Å². The second-order valence-corrected chi connectivity index (χ2v) is 10.8. The van der Waals surface area contributed by atoms with Crippen LogP contribution in [0.3, 0.4) is 0 Å². The quantitative estimate of drug-likeness (QED) is 0.224. The number of benzene rings is 5. The average Bonchev–Trinajstić information content (AvgIpc) is 3.39. The lowest BCUT2D eigenvalue weighted by atomic mass is 9.92. The molecule has 1 aliphatic rings. The highest BCUT2D eigenvalue weighted by Crippen LogP contribution is 2.35. The minimum atomic E-state index is 0.315. The number of nitrogens with zero attached hydrogens (tertiary/aromatic N) is 2. The highest BCUT2D eigenvalue weighted by Gasteiger charge is 2.15. The molecule has 1 atom stereocenters. The van der Waals surface area contributed by atoms with Gasteiger partial charge >= 0.3 is 0 Å². The summed E-state index contributed by atoms with van der Waals surface area (Å²) in [6.45, 7) is 0. The first-order valence-electron chi connectivity index (χ1n) is 14.3.